The SMILES string of the molecule is Cc1nc(-c2nc3sc(C4CCCN4)nc3c(=O)n2C)no1. The van der Waals surface area contributed by atoms with E-state index in [1.807, 2.05) is 0 Å². The summed E-state index contributed by atoms with van der Waals surface area (Å²) in [5.74, 6) is 1.14. The van der Waals surface area contributed by atoms with E-state index >= 15 is 0 Å². The van der Waals surface area contributed by atoms with E-state index in [1.165, 1.54) is 15.9 Å². The van der Waals surface area contributed by atoms with Crippen molar-refractivity contribution in [2.45, 2.75) is 25.8 Å². The molecule has 1 aliphatic heterocycles. The van der Waals surface area contributed by atoms with Crippen molar-refractivity contribution in [2.75, 3.05) is 6.54 Å². The molecule has 1 atom stereocenters. The van der Waals surface area contributed by atoms with Crippen LogP contribution in [0.3, 0.4) is 0 Å². The smallest absolute Gasteiger partial charge is 0.281 e. The fourth-order valence-electron chi connectivity index (χ4n) is 2.60. The number of aryl methyl sites for hydroxylation is 1. The van der Waals surface area contributed by atoms with Gasteiger partial charge in [0.25, 0.3) is 5.56 Å². The average Bonchev–Trinajstić information content (AvgIpc) is 3.21. The molecule has 1 saturated heterocycles. The summed E-state index contributed by atoms with van der Waals surface area (Å²) in [5.41, 5.74) is 0.211. The van der Waals surface area contributed by atoms with Crippen molar-refractivity contribution in [3.05, 3.63) is 21.3 Å². The van der Waals surface area contributed by atoms with E-state index in [1.54, 1.807) is 14.0 Å². The van der Waals surface area contributed by atoms with E-state index < -0.39 is 0 Å². The molecule has 114 valence electrons. The number of hydrogen-bond acceptors (Lipinski definition) is 8. The zero-order valence-corrected chi connectivity index (χ0v) is 13.0. The molecule has 4 rings (SSSR count). The second-order valence-electron chi connectivity index (χ2n) is 5.29. The number of rotatable bonds is 2. The first-order chi connectivity index (χ1) is 10.6. The van der Waals surface area contributed by atoms with Crippen molar-refractivity contribution >= 4 is 21.7 Å². The van der Waals surface area contributed by atoms with E-state index in [9.17, 15) is 4.79 Å². The van der Waals surface area contributed by atoms with Crippen LogP contribution in [0, 0.1) is 6.92 Å². The standard InChI is InChI=1S/C13H14N6O2S/c1-6-15-9(18-21-6)10-17-12-8(13(20)19(10)2)16-11(22-12)7-4-3-5-14-7/h7,14H,3-5H2,1-2H3. The van der Waals surface area contributed by atoms with E-state index in [2.05, 4.69) is 25.4 Å². The molecule has 9 heteroatoms. The molecule has 4 heterocycles. The minimum Gasteiger partial charge on any atom is -0.339 e. The molecule has 0 bridgehead atoms. The topological polar surface area (TPSA) is 98.7 Å². The highest BCUT2D eigenvalue weighted by molar-refractivity contribution is 7.18. The van der Waals surface area contributed by atoms with E-state index in [-0.39, 0.29) is 11.6 Å². The Kier molecular flexibility index (Phi) is 3.05. The van der Waals surface area contributed by atoms with Gasteiger partial charge in [0, 0.05) is 14.0 Å². The molecule has 3 aromatic rings. The van der Waals surface area contributed by atoms with Gasteiger partial charge in [-0.25, -0.2) is 9.97 Å². The highest BCUT2D eigenvalue weighted by atomic mass is 32.1. The quantitative estimate of drug-likeness (QED) is 0.757. The Hall–Kier alpha value is -2.13. The largest absolute Gasteiger partial charge is 0.339 e. The van der Waals surface area contributed by atoms with Gasteiger partial charge in [-0.2, -0.15) is 4.98 Å². The van der Waals surface area contributed by atoms with Gasteiger partial charge in [0.1, 0.15) is 5.01 Å². The number of hydrogen-bond donors (Lipinski definition) is 1. The number of nitrogens with zero attached hydrogens (tertiary/aromatic N) is 5. The van der Waals surface area contributed by atoms with Gasteiger partial charge < -0.3 is 9.84 Å². The lowest BCUT2D eigenvalue weighted by atomic mass is 10.2. The number of fused-ring (bicyclic) bond motifs is 1. The predicted octanol–water partition coefficient (Wildman–Crippen LogP) is 1.17. The highest BCUT2D eigenvalue weighted by Gasteiger charge is 2.23. The van der Waals surface area contributed by atoms with Crippen molar-refractivity contribution in [1.29, 1.82) is 0 Å². The molecule has 0 aliphatic carbocycles. The van der Waals surface area contributed by atoms with Crippen LogP contribution in [0.2, 0.25) is 0 Å². The van der Waals surface area contributed by atoms with Gasteiger partial charge in [-0.15, -0.1) is 0 Å². The summed E-state index contributed by atoms with van der Waals surface area (Å²) in [6.07, 6.45) is 2.16. The van der Waals surface area contributed by atoms with Crippen molar-refractivity contribution in [2.24, 2.45) is 7.05 Å². The van der Waals surface area contributed by atoms with Gasteiger partial charge in [-0.1, -0.05) is 16.5 Å². The summed E-state index contributed by atoms with van der Waals surface area (Å²) in [6, 6.07) is 0.222. The Morgan fingerprint density at radius 1 is 1.36 bits per heavy atom. The molecule has 3 aromatic heterocycles. The van der Waals surface area contributed by atoms with E-state index in [0.29, 0.717) is 27.9 Å². The van der Waals surface area contributed by atoms with Crippen LogP contribution in [-0.2, 0) is 7.05 Å². The fourth-order valence-corrected chi connectivity index (χ4v) is 3.64. The third-order valence-electron chi connectivity index (χ3n) is 3.74. The van der Waals surface area contributed by atoms with Crippen LogP contribution in [0.4, 0.5) is 0 Å². The fraction of sp³-hybridized carbons (Fsp3) is 0.462. The lowest BCUT2D eigenvalue weighted by molar-refractivity contribution is 0.394. The van der Waals surface area contributed by atoms with Crippen molar-refractivity contribution in [1.82, 2.24) is 30.0 Å². The number of nitrogens with one attached hydrogen (secondary N) is 1. The van der Waals surface area contributed by atoms with Crippen LogP contribution in [0.25, 0.3) is 22.0 Å². The van der Waals surface area contributed by atoms with Crippen LogP contribution in [0.15, 0.2) is 9.32 Å². The molecule has 0 amide bonds. The molecule has 1 fully saturated rings. The van der Waals surface area contributed by atoms with Crippen LogP contribution in [0.5, 0.6) is 0 Å². The number of aromatic nitrogens is 5. The van der Waals surface area contributed by atoms with Crippen LogP contribution in [-0.4, -0.2) is 31.2 Å². The minimum atomic E-state index is -0.192. The first-order valence-corrected chi connectivity index (χ1v) is 7.86. The molecule has 0 saturated carbocycles. The maximum atomic E-state index is 12.5. The third-order valence-corrected chi connectivity index (χ3v) is 4.81. The highest BCUT2D eigenvalue weighted by Crippen LogP contribution is 2.29. The normalized spacial score (nSPS) is 18.4. The molecule has 0 radical (unpaired) electrons. The Balaban J connectivity index is 1.89. The molecule has 1 unspecified atom stereocenters. The number of thiazole rings is 1. The predicted molar refractivity (Wildman–Crippen MR) is 80.7 cm³/mol. The lowest BCUT2D eigenvalue weighted by Gasteiger charge is -2.03. The molecule has 22 heavy (non-hydrogen) atoms. The van der Waals surface area contributed by atoms with Crippen molar-refractivity contribution in [3.63, 3.8) is 0 Å². The van der Waals surface area contributed by atoms with Gasteiger partial charge in [-0.3, -0.25) is 9.36 Å². The van der Waals surface area contributed by atoms with Crippen LogP contribution >= 0.6 is 11.3 Å². The molecule has 0 aromatic carbocycles. The second kappa shape index (κ2) is 4.96. The maximum absolute atomic E-state index is 12.5. The Morgan fingerprint density at radius 3 is 2.91 bits per heavy atom. The summed E-state index contributed by atoms with van der Waals surface area (Å²) >= 11 is 1.45. The van der Waals surface area contributed by atoms with Gasteiger partial charge in [0.15, 0.2) is 16.2 Å². The third kappa shape index (κ3) is 2.04. The second-order valence-corrected chi connectivity index (χ2v) is 6.30. The van der Waals surface area contributed by atoms with Gasteiger partial charge in [0.05, 0.1) is 6.04 Å². The molecular formula is C13H14N6O2S. The Bertz CT molecular complexity index is 905. The first kappa shape index (κ1) is 13.5. The monoisotopic (exact) mass is 318 g/mol. The van der Waals surface area contributed by atoms with Crippen molar-refractivity contribution in [3.8, 4) is 11.6 Å². The Labute approximate surface area is 129 Å². The maximum Gasteiger partial charge on any atom is 0.281 e. The van der Waals surface area contributed by atoms with Crippen molar-refractivity contribution < 1.29 is 4.52 Å². The average molecular weight is 318 g/mol. The van der Waals surface area contributed by atoms with Crippen LogP contribution in [0.1, 0.15) is 29.8 Å². The summed E-state index contributed by atoms with van der Waals surface area (Å²) in [6.45, 7) is 2.68. The lowest BCUT2D eigenvalue weighted by Crippen LogP contribution is -2.20. The summed E-state index contributed by atoms with van der Waals surface area (Å²) in [5, 5.41) is 8.15. The minimum absolute atomic E-state index is 0.192. The zero-order valence-electron chi connectivity index (χ0n) is 12.2. The molecule has 0 spiro atoms. The van der Waals surface area contributed by atoms with Gasteiger partial charge in [0.2, 0.25) is 11.7 Å². The molecule has 1 N–H and O–H groups in total. The summed E-state index contributed by atoms with van der Waals surface area (Å²) in [7, 11) is 1.64. The van der Waals surface area contributed by atoms with Gasteiger partial charge >= 0.3 is 0 Å². The van der Waals surface area contributed by atoms with Crippen LogP contribution < -0.4 is 10.9 Å². The first-order valence-electron chi connectivity index (χ1n) is 7.05. The summed E-state index contributed by atoms with van der Waals surface area (Å²) < 4.78 is 6.39. The molecular weight excluding hydrogens is 304 g/mol. The van der Waals surface area contributed by atoms with E-state index in [4.69, 9.17) is 4.52 Å². The van der Waals surface area contributed by atoms with Gasteiger partial charge in [-0.05, 0) is 19.4 Å². The molecule has 8 nitrogen and oxygen atoms in total. The van der Waals surface area contributed by atoms with E-state index in [0.717, 1.165) is 24.4 Å². The Morgan fingerprint density at radius 2 is 2.23 bits per heavy atom. The molecule has 1 aliphatic rings. The summed E-state index contributed by atoms with van der Waals surface area (Å²) in [4.78, 5) is 26.3. The zero-order chi connectivity index (χ0) is 15.3.